The summed E-state index contributed by atoms with van der Waals surface area (Å²) in [6.45, 7) is 2.34. The summed E-state index contributed by atoms with van der Waals surface area (Å²) in [6, 6.07) is 5.61. The molecule has 1 unspecified atom stereocenters. The lowest BCUT2D eigenvalue weighted by atomic mass is 9.87. The third kappa shape index (κ3) is 4.28. The van der Waals surface area contributed by atoms with E-state index in [0.29, 0.717) is 5.92 Å². The van der Waals surface area contributed by atoms with Gasteiger partial charge in [0, 0.05) is 18.8 Å². The normalized spacial score (nSPS) is 21.8. The Morgan fingerprint density at radius 3 is 2.84 bits per heavy atom. The number of hydrogen-bond donors (Lipinski definition) is 3. The van der Waals surface area contributed by atoms with Crippen molar-refractivity contribution in [3.05, 3.63) is 30.2 Å². The number of nitrogens with zero attached hydrogens (tertiary/aromatic N) is 3. The number of rotatable bonds is 6. The van der Waals surface area contributed by atoms with Crippen LogP contribution in [0.1, 0.15) is 57.3 Å². The Labute approximate surface area is 147 Å². The number of carbonyl (C=O) groups is 1. The van der Waals surface area contributed by atoms with Gasteiger partial charge >= 0.3 is 6.03 Å². The van der Waals surface area contributed by atoms with E-state index in [0.717, 1.165) is 50.0 Å². The molecule has 2 aromatic heterocycles. The molecule has 0 spiro atoms. The fraction of sp³-hybridized carbons (Fsp3) is 0.611. The van der Waals surface area contributed by atoms with Gasteiger partial charge in [-0.1, -0.05) is 19.4 Å². The van der Waals surface area contributed by atoms with Crippen molar-refractivity contribution in [3.8, 4) is 0 Å². The van der Waals surface area contributed by atoms with Crippen molar-refractivity contribution in [2.24, 2.45) is 5.92 Å². The van der Waals surface area contributed by atoms with Gasteiger partial charge in [-0.05, 0) is 50.2 Å². The Balaban J connectivity index is 1.63. The summed E-state index contributed by atoms with van der Waals surface area (Å²) in [4.78, 5) is 12.4. The standard InChI is InChI=1S/C18H27N5O2/c1-2-5-15(17-22-21-16-6-3-4-11-23(16)17)20-18(25)19-14-9-7-13(12-24)8-10-14/h3-4,6,11,13-15,24H,2,5,7-10,12H2,1H3,(H2,19,20,25). The molecule has 1 aliphatic carbocycles. The summed E-state index contributed by atoms with van der Waals surface area (Å²) in [5.41, 5.74) is 0.781. The van der Waals surface area contributed by atoms with Crippen LogP contribution >= 0.6 is 0 Å². The van der Waals surface area contributed by atoms with Crippen molar-refractivity contribution < 1.29 is 9.90 Å². The van der Waals surface area contributed by atoms with E-state index >= 15 is 0 Å². The van der Waals surface area contributed by atoms with Crippen LogP contribution in [0.5, 0.6) is 0 Å². The Hall–Kier alpha value is -2.15. The molecule has 7 heteroatoms. The second-order valence-corrected chi connectivity index (χ2v) is 6.85. The summed E-state index contributed by atoms with van der Waals surface area (Å²) in [6.07, 6.45) is 7.44. The highest BCUT2D eigenvalue weighted by atomic mass is 16.3. The van der Waals surface area contributed by atoms with Gasteiger partial charge in [-0.2, -0.15) is 0 Å². The van der Waals surface area contributed by atoms with Crippen LogP contribution in [0.2, 0.25) is 0 Å². The van der Waals surface area contributed by atoms with Crippen molar-refractivity contribution in [1.82, 2.24) is 25.2 Å². The molecule has 2 amide bonds. The van der Waals surface area contributed by atoms with E-state index in [-0.39, 0.29) is 24.7 Å². The zero-order valence-corrected chi connectivity index (χ0v) is 14.7. The SMILES string of the molecule is CCCC(NC(=O)NC1CCC(CO)CC1)c1nnc2ccccn12. The van der Waals surface area contributed by atoms with Crippen molar-refractivity contribution in [1.29, 1.82) is 0 Å². The molecule has 2 aromatic rings. The van der Waals surface area contributed by atoms with Crippen LogP contribution < -0.4 is 10.6 Å². The largest absolute Gasteiger partial charge is 0.396 e. The second kappa shape index (κ2) is 8.29. The summed E-state index contributed by atoms with van der Waals surface area (Å²) < 4.78 is 1.92. The van der Waals surface area contributed by atoms with Gasteiger partial charge in [0.15, 0.2) is 11.5 Å². The minimum atomic E-state index is -0.170. The number of hydrogen-bond acceptors (Lipinski definition) is 4. The maximum Gasteiger partial charge on any atom is 0.315 e. The Morgan fingerprint density at radius 2 is 2.12 bits per heavy atom. The van der Waals surface area contributed by atoms with Crippen LogP contribution in [-0.4, -0.2) is 38.4 Å². The van der Waals surface area contributed by atoms with Crippen LogP contribution in [0.25, 0.3) is 5.65 Å². The van der Waals surface area contributed by atoms with E-state index in [2.05, 4.69) is 27.8 Å². The monoisotopic (exact) mass is 345 g/mol. The summed E-state index contributed by atoms with van der Waals surface area (Å²) >= 11 is 0. The third-order valence-corrected chi connectivity index (χ3v) is 4.97. The van der Waals surface area contributed by atoms with Gasteiger partial charge in [0.1, 0.15) is 0 Å². The molecule has 25 heavy (non-hydrogen) atoms. The number of aliphatic hydroxyl groups excluding tert-OH is 1. The molecule has 0 saturated heterocycles. The minimum Gasteiger partial charge on any atom is -0.396 e. The van der Waals surface area contributed by atoms with E-state index in [4.69, 9.17) is 0 Å². The van der Waals surface area contributed by atoms with Gasteiger partial charge in [0.2, 0.25) is 0 Å². The molecule has 1 fully saturated rings. The molecule has 7 nitrogen and oxygen atoms in total. The summed E-state index contributed by atoms with van der Waals surface area (Å²) in [7, 11) is 0. The Bertz CT molecular complexity index is 694. The molecule has 0 aliphatic heterocycles. The summed E-state index contributed by atoms with van der Waals surface area (Å²) in [5, 5.41) is 23.8. The van der Waals surface area contributed by atoms with Crippen LogP contribution in [0.3, 0.4) is 0 Å². The summed E-state index contributed by atoms with van der Waals surface area (Å²) in [5.74, 6) is 1.15. The molecular weight excluding hydrogens is 318 g/mol. The van der Waals surface area contributed by atoms with Crippen molar-refractivity contribution in [2.45, 2.75) is 57.5 Å². The average molecular weight is 345 g/mol. The van der Waals surface area contributed by atoms with Gasteiger partial charge in [0.25, 0.3) is 0 Å². The molecule has 0 radical (unpaired) electrons. The molecule has 1 saturated carbocycles. The predicted octanol–water partition coefficient (Wildman–Crippen LogP) is 2.42. The van der Waals surface area contributed by atoms with Gasteiger partial charge < -0.3 is 15.7 Å². The fourth-order valence-corrected chi connectivity index (χ4v) is 3.53. The predicted molar refractivity (Wildman–Crippen MR) is 95.1 cm³/mol. The number of carbonyl (C=O) groups excluding carboxylic acids is 1. The van der Waals surface area contributed by atoms with Crippen LogP contribution in [0.4, 0.5) is 4.79 Å². The highest BCUT2D eigenvalue weighted by Gasteiger charge is 2.24. The first-order valence-corrected chi connectivity index (χ1v) is 9.18. The lowest BCUT2D eigenvalue weighted by molar-refractivity contribution is 0.174. The first-order valence-electron chi connectivity index (χ1n) is 9.18. The van der Waals surface area contributed by atoms with Gasteiger partial charge in [-0.3, -0.25) is 4.40 Å². The fourth-order valence-electron chi connectivity index (χ4n) is 3.53. The highest BCUT2D eigenvalue weighted by molar-refractivity contribution is 5.74. The zero-order valence-electron chi connectivity index (χ0n) is 14.7. The first kappa shape index (κ1) is 17.7. The number of aliphatic hydroxyl groups is 1. The van der Waals surface area contributed by atoms with Crippen molar-refractivity contribution in [2.75, 3.05) is 6.61 Å². The maximum absolute atomic E-state index is 12.4. The zero-order chi connectivity index (χ0) is 17.6. The van der Waals surface area contributed by atoms with Gasteiger partial charge in [-0.15, -0.1) is 10.2 Å². The lowest BCUT2D eigenvalue weighted by Gasteiger charge is -2.28. The molecule has 3 N–H and O–H groups in total. The van der Waals surface area contributed by atoms with Crippen LogP contribution in [-0.2, 0) is 0 Å². The topological polar surface area (TPSA) is 91.5 Å². The molecule has 2 heterocycles. The number of nitrogens with one attached hydrogen (secondary N) is 2. The molecule has 1 atom stereocenters. The molecule has 0 bridgehead atoms. The van der Waals surface area contributed by atoms with E-state index in [1.807, 2.05) is 28.8 Å². The van der Waals surface area contributed by atoms with E-state index in [1.165, 1.54) is 0 Å². The molecule has 136 valence electrons. The number of urea groups is 1. The first-order chi connectivity index (χ1) is 12.2. The Kier molecular flexibility index (Phi) is 5.86. The third-order valence-electron chi connectivity index (χ3n) is 4.97. The molecule has 1 aliphatic rings. The van der Waals surface area contributed by atoms with Crippen LogP contribution in [0.15, 0.2) is 24.4 Å². The molecule has 3 rings (SSSR count). The van der Waals surface area contributed by atoms with E-state index < -0.39 is 0 Å². The Morgan fingerprint density at radius 1 is 1.32 bits per heavy atom. The molecule has 0 aromatic carbocycles. The minimum absolute atomic E-state index is 0.154. The smallest absolute Gasteiger partial charge is 0.315 e. The van der Waals surface area contributed by atoms with E-state index in [9.17, 15) is 9.90 Å². The van der Waals surface area contributed by atoms with Crippen molar-refractivity contribution in [3.63, 3.8) is 0 Å². The molecular formula is C18H27N5O2. The number of pyridine rings is 1. The van der Waals surface area contributed by atoms with Crippen LogP contribution in [0, 0.1) is 5.92 Å². The highest BCUT2D eigenvalue weighted by Crippen LogP contribution is 2.24. The van der Waals surface area contributed by atoms with Gasteiger partial charge in [0.05, 0.1) is 6.04 Å². The lowest BCUT2D eigenvalue weighted by Crippen LogP contribution is -2.45. The van der Waals surface area contributed by atoms with E-state index in [1.54, 1.807) is 0 Å². The quantitative estimate of drug-likeness (QED) is 0.750. The van der Waals surface area contributed by atoms with Crippen molar-refractivity contribution >= 4 is 11.7 Å². The number of aromatic nitrogens is 3. The number of amides is 2. The van der Waals surface area contributed by atoms with Gasteiger partial charge in [-0.25, -0.2) is 4.79 Å². The maximum atomic E-state index is 12.4. The second-order valence-electron chi connectivity index (χ2n) is 6.85. The average Bonchev–Trinajstić information content (AvgIpc) is 3.06. The number of fused-ring (bicyclic) bond motifs is 1.